The third-order valence-corrected chi connectivity index (χ3v) is 3.20. The Morgan fingerprint density at radius 2 is 2.33 bits per heavy atom. The van der Waals surface area contributed by atoms with Gasteiger partial charge in [-0.1, -0.05) is 11.6 Å². The molecule has 6 nitrogen and oxygen atoms in total. The average molecular weight is 299 g/mol. The predicted molar refractivity (Wildman–Crippen MR) is 75.4 cm³/mol. The summed E-state index contributed by atoms with van der Waals surface area (Å²) >= 11 is 0. The standard InChI is InChI=1S/C13H19F2N5O/c1-19-4-2-10(3-5-19)6-16-13(21)18-11-7-17-20(8-11)9-12(14)15/h2,7-8,12H,3-6,9H2,1H3,(H2,16,18,21). The van der Waals surface area contributed by atoms with Crippen LogP contribution in [0.1, 0.15) is 6.42 Å². The first-order valence-electron chi connectivity index (χ1n) is 6.75. The molecule has 2 heterocycles. The first-order valence-corrected chi connectivity index (χ1v) is 6.75. The Morgan fingerprint density at radius 3 is 3.00 bits per heavy atom. The molecular weight excluding hydrogens is 280 g/mol. The monoisotopic (exact) mass is 299 g/mol. The highest BCUT2D eigenvalue weighted by molar-refractivity contribution is 5.89. The van der Waals surface area contributed by atoms with E-state index < -0.39 is 13.0 Å². The number of hydrogen-bond donors (Lipinski definition) is 2. The van der Waals surface area contributed by atoms with Gasteiger partial charge in [-0.25, -0.2) is 13.6 Å². The lowest BCUT2D eigenvalue weighted by molar-refractivity contribution is 0.122. The Balaban J connectivity index is 1.75. The van der Waals surface area contributed by atoms with Gasteiger partial charge in [0.2, 0.25) is 0 Å². The molecule has 0 unspecified atom stereocenters. The minimum Gasteiger partial charge on any atom is -0.334 e. The van der Waals surface area contributed by atoms with Gasteiger partial charge in [-0.2, -0.15) is 5.10 Å². The summed E-state index contributed by atoms with van der Waals surface area (Å²) in [5.41, 5.74) is 1.59. The number of hydrogen-bond acceptors (Lipinski definition) is 3. The molecule has 0 saturated heterocycles. The van der Waals surface area contributed by atoms with Crippen molar-refractivity contribution >= 4 is 11.7 Å². The lowest BCUT2D eigenvalue weighted by Crippen LogP contribution is -2.33. The van der Waals surface area contributed by atoms with Gasteiger partial charge in [-0.05, 0) is 13.5 Å². The molecule has 0 aromatic carbocycles. The number of likely N-dealkylation sites (N-methyl/N-ethyl adjacent to an activating group) is 1. The van der Waals surface area contributed by atoms with E-state index in [0.717, 1.165) is 24.2 Å². The van der Waals surface area contributed by atoms with E-state index in [2.05, 4.69) is 26.7 Å². The van der Waals surface area contributed by atoms with Crippen molar-refractivity contribution in [1.29, 1.82) is 0 Å². The Bertz CT molecular complexity index is 514. The number of nitrogens with one attached hydrogen (secondary N) is 2. The second-order valence-electron chi connectivity index (χ2n) is 5.02. The fourth-order valence-electron chi connectivity index (χ4n) is 2.01. The molecular formula is C13H19F2N5O. The molecule has 8 heteroatoms. The van der Waals surface area contributed by atoms with Gasteiger partial charge in [0, 0.05) is 25.8 Å². The van der Waals surface area contributed by atoms with Gasteiger partial charge < -0.3 is 15.5 Å². The fourth-order valence-corrected chi connectivity index (χ4v) is 2.01. The topological polar surface area (TPSA) is 62.2 Å². The summed E-state index contributed by atoms with van der Waals surface area (Å²) < 4.78 is 25.4. The van der Waals surface area contributed by atoms with Crippen LogP contribution >= 0.6 is 0 Å². The maximum Gasteiger partial charge on any atom is 0.319 e. The lowest BCUT2D eigenvalue weighted by Gasteiger charge is -2.22. The van der Waals surface area contributed by atoms with Crippen molar-refractivity contribution in [3.8, 4) is 0 Å². The van der Waals surface area contributed by atoms with E-state index in [1.807, 2.05) is 7.05 Å². The Kier molecular flexibility index (Phi) is 5.26. The smallest absolute Gasteiger partial charge is 0.319 e. The summed E-state index contributed by atoms with van der Waals surface area (Å²) in [4.78, 5) is 13.9. The van der Waals surface area contributed by atoms with Gasteiger partial charge in [-0.3, -0.25) is 4.68 Å². The summed E-state index contributed by atoms with van der Waals surface area (Å²) in [5.74, 6) is 0. The van der Waals surface area contributed by atoms with Crippen molar-refractivity contribution < 1.29 is 13.6 Å². The largest absolute Gasteiger partial charge is 0.334 e. The van der Waals surface area contributed by atoms with Crippen LogP contribution in [0.3, 0.4) is 0 Å². The molecule has 21 heavy (non-hydrogen) atoms. The van der Waals surface area contributed by atoms with Crippen LogP contribution in [0.5, 0.6) is 0 Å². The normalized spacial score (nSPS) is 15.9. The molecule has 0 bridgehead atoms. The molecule has 0 aliphatic carbocycles. The van der Waals surface area contributed by atoms with E-state index in [0.29, 0.717) is 12.2 Å². The molecule has 0 fully saturated rings. The van der Waals surface area contributed by atoms with Gasteiger partial charge in [-0.15, -0.1) is 0 Å². The Morgan fingerprint density at radius 1 is 1.52 bits per heavy atom. The number of alkyl halides is 2. The number of urea groups is 1. The first kappa shape index (κ1) is 15.4. The summed E-state index contributed by atoms with van der Waals surface area (Å²) in [5, 5.41) is 9.06. The number of anilines is 1. The fraction of sp³-hybridized carbons (Fsp3) is 0.538. The van der Waals surface area contributed by atoms with Gasteiger partial charge in [0.25, 0.3) is 6.43 Å². The second kappa shape index (κ2) is 7.16. The predicted octanol–water partition coefficient (Wildman–Crippen LogP) is 1.53. The lowest BCUT2D eigenvalue weighted by atomic mass is 10.1. The van der Waals surface area contributed by atoms with Gasteiger partial charge in [0.1, 0.15) is 6.54 Å². The van der Waals surface area contributed by atoms with Crippen molar-refractivity contribution in [2.45, 2.75) is 19.4 Å². The highest BCUT2D eigenvalue weighted by atomic mass is 19.3. The quantitative estimate of drug-likeness (QED) is 0.811. The average Bonchev–Trinajstić information content (AvgIpc) is 2.84. The highest BCUT2D eigenvalue weighted by Crippen LogP contribution is 2.09. The number of aromatic nitrogens is 2. The van der Waals surface area contributed by atoms with Crippen LogP contribution in [0.2, 0.25) is 0 Å². The van der Waals surface area contributed by atoms with E-state index in [4.69, 9.17) is 0 Å². The molecule has 2 rings (SSSR count). The maximum absolute atomic E-state index is 12.2. The van der Waals surface area contributed by atoms with Crippen molar-refractivity contribution in [3.05, 3.63) is 24.0 Å². The first-order chi connectivity index (χ1) is 10.0. The van der Waals surface area contributed by atoms with Crippen LogP contribution in [-0.4, -0.2) is 53.8 Å². The van der Waals surface area contributed by atoms with Crippen LogP contribution in [-0.2, 0) is 6.54 Å². The molecule has 0 spiro atoms. The molecule has 0 atom stereocenters. The van der Waals surface area contributed by atoms with Crippen LogP contribution < -0.4 is 10.6 Å². The highest BCUT2D eigenvalue weighted by Gasteiger charge is 2.10. The SMILES string of the molecule is CN1CC=C(CNC(=O)Nc2cnn(CC(F)F)c2)CC1. The number of halogens is 2. The van der Waals surface area contributed by atoms with Crippen molar-refractivity contribution in [2.24, 2.45) is 0 Å². The van der Waals surface area contributed by atoms with Gasteiger partial charge >= 0.3 is 6.03 Å². The minimum atomic E-state index is -2.47. The molecule has 1 aromatic heterocycles. The van der Waals surface area contributed by atoms with Crippen LogP contribution in [0.25, 0.3) is 0 Å². The summed E-state index contributed by atoms with van der Waals surface area (Å²) in [6, 6.07) is -0.369. The maximum atomic E-state index is 12.2. The Hall–Kier alpha value is -1.96. The van der Waals surface area contributed by atoms with E-state index in [1.54, 1.807) is 0 Å². The molecule has 1 aliphatic heterocycles. The van der Waals surface area contributed by atoms with Crippen LogP contribution in [0.4, 0.5) is 19.3 Å². The molecule has 2 amide bonds. The molecule has 1 aliphatic rings. The summed E-state index contributed by atoms with van der Waals surface area (Å²) in [7, 11) is 2.05. The number of amides is 2. The van der Waals surface area contributed by atoms with E-state index in [9.17, 15) is 13.6 Å². The zero-order chi connectivity index (χ0) is 15.2. The zero-order valence-corrected chi connectivity index (χ0v) is 11.9. The molecule has 0 saturated carbocycles. The number of nitrogens with zero attached hydrogens (tertiary/aromatic N) is 3. The summed E-state index contributed by atoms with van der Waals surface area (Å²) in [6.45, 7) is 1.88. The van der Waals surface area contributed by atoms with Crippen molar-refractivity contribution in [3.63, 3.8) is 0 Å². The van der Waals surface area contributed by atoms with Crippen molar-refractivity contribution in [2.75, 3.05) is 32.0 Å². The second-order valence-corrected chi connectivity index (χ2v) is 5.02. The van der Waals surface area contributed by atoms with Crippen LogP contribution in [0, 0.1) is 0 Å². The van der Waals surface area contributed by atoms with E-state index in [-0.39, 0.29) is 6.03 Å². The van der Waals surface area contributed by atoms with Gasteiger partial charge in [0.15, 0.2) is 0 Å². The summed E-state index contributed by atoms with van der Waals surface area (Å²) in [6.07, 6.45) is 3.29. The van der Waals surface area contributed by atoms with Gasteiger partial charge in [0.05, 0.1) is 11.9 Å². The third kappa shape index (κ3) is 5.14. The molecule has 116 valence electrons. The van der Waals surface area contributed by atoms with Crippen molar-refractivity contribution in [1.82, 2.24) is 20.0 Å². The Labute approximate surface area is 121 Å². The molecule has 2 N–H and O–H groups in total. The molecule has 1 aromatic rings. The number of carbonyl (C=O) groups is 1. The van der Waals surface area contributed by atoms with E-state index in [1.165, 1.54) is 18.0 Å². The number of carbonyl (C=O) groups excluding carboxylic acids is 1. The number of rotatable bonds is 5. The van der Waals surface area contributed by atoms with Crippen LogP contribution in [0.15, 0.2) is 24.0 Å². The minimum absolute atomic E-state index is 0.369. The van der Waals surface area contributed by atoms with E-state index >= 15 is 0 Å². The third-order valence-electron chi connectivity index (χ3n) is 3.20. The molecule has 0 radical (unpaired) electrons. The zero-order valence-electron chi connectivity index (χ0n) is 11.9.